The van der Waals surface area contributed by atoms with E-state index in [9.17, 15) is 0 Å². The Bertz CT molecular complexity index is 671. The highest BCUT2D eigenvalue weighted by atomic mass is 16.5. The van der Waals surface area contributed by atoms with Gasteiger partial charge in [-0.2, -0.15) is 5.10 Å². The summed E-state index contributed by atoms with van der Waals surface area (Å²) in [6.07, 6.45) is 7.80. The van der Waals surface area contributed by atoms with Gasteiger partial charge in [-0.05, 0) is 37.8 Å². The fourth-order valence-corrected chi connectivity index (χ4v) is 3.91. The normalized spacial score (nSPS) is 20.8. The van der Waals surface area contributed by atoms with Crippen LogP contribution in [0.2, 0.25) is 0 Å². The summed E-state index contributed by atoms with van der Waals surface area (Å²) < 4.78 is 7.31. The molecule has 2 aliphatic heterocycles. The number of hydrogen-bond donors (Lipinski definition) is 0. The van der Waals surface area contributed by atoms with Crippen molar-refractivity contribution < 1.29 is 4.74 Å². The molecular formula is C18H27N5O. The Morgan fingerprint density at radius 2 is 1.96 bits per heavy atom. The quantitative estimate of drug-likeness (QED) is 0.857. The molecule has 0 saturated carbocycles. The maximum absolute atomic E-state index is 5.43. The Morgan fingerprint density at radius 3 is 2.75 bits per heavy atom. The minimum atomic E-state index is 0.840. The zero-order valence-electron chi connectivity index (χ0n) is 14.5. The lowest BCUT2D eigenvalue weighted by molar-refractivity contribution is 0.0349. The molecule has 0 amide bonds. The Kier molecular flexibility index (Phi) is 4.67. The summed E-state index contributed by atoms with van der Waals surface area (Å²) in [5.74, 6) is 1.90. The summed E-state index contributed by atoms with van der Waals surface area (Å²) in [6, 6.07) is 2.04. The van der Waals surface area contributed by atoms with E-state index in [1.807, 2.05) is 24.0 Å². The molecule has 2 aliphatic rings. The largest absolute Gasteiger partial charge is 0.379 e. The Labute approximate surface area is 143 Å². The smallest absolute Gasteiger partial charge is 0.157 e. The van der Waals surface area contributed by atoms with Crippen LogP contribution in [-0.2, 0) is 11.8 Å². The van der Waals surface area contributed by atoms with Crippen molar-refractivity contribution >= 4 is 16.7 Å². The molecule has 0 unspecified atom stereocenters. The second kappa shape index (κ2) is 7.07. The Hall–Kier alpha value is -1.66. The van der Waals surface area contributed by atoms with Gasteiger partial charge in [-0.15, -0.1) is 0 Å². The molecule has 4 rings (SSSR count). The lowest BCUT2D eigenvalue weighted by Gasteiger charge is -2.34. The Balaban J connectivity index is 1.33. The van der Waals surface area contributed by atoms with Crippen molar-refractivity contribution in [3.8, 4) is 0 Å². The fourth-order valence-electron chi connectivity index (χ4n) is 3.91. The van der Waals surface area contributed by atoms with Gasteiger partial charge >= 0.3 is 0 Å². The van der Waals surface area contributed by atoms with Crippen LogP contribution < -0.4 is 4.90 Å². The lowest BCUT2D eigenvalue weighted by Crippen LogP contribution is -2.39. The van der Waals surface area contributed by atoms with E-state index >= 15 is 0 Å². The zero-order chi connectivity index (χ0) is 16.4. The topological polar surface area (TPSA) is 46.4 Å². The van der Waals surface area contributed by atoms with Crippen molar-refractivity contribution in [1.29, 1.82) is 0 Å². The van der Waals surface area contributed by atoms with Gasteiger partial charge in [0.05, 0.1) is 13.2 Å². The van der Waals surface area contributed by atoms with Crippen LogP contribution in [-0.4, -0.2) is 65.6 Å². The van der Waals surface area contributed by atoms with Gasteiger partial charge in [0.15, 0.2) is 5.82 Å². The highest BCUT2D eigenvalue weighted by Gasteiger charge is 2.23. The van der Waals surface area contributed by atoms with E-state index in [2.05, 4.69) is 26.1 Å². The van der Waals surface area contributed by atoms with E-state index < -0.39 is 0 Å². The van der Waals surface area contributed by atoms with Crippen LogP contribution in [0.15, 0.2) is 18.5 Å². The average molecular weight is 329 g/mol. The molecular weight excluding hydrogens is 302 g/mol. The third-order valence-electron chi connectivity index (χ3n) is 5.39. The molecule has 130 valence electrons. The number of pyridine rings is 1. The highest BCUT2D eigenvalue weighted by Crippen LogP contribution is 2.28. The molecule has 0 spiro atoms. The fraction of sp³-hybridized carbons (Fsp3) is 0.667. The number of rotatable bonds is 4. The van der Waals surface area contributed by atoms with Gasteiger partial charge < -0.3 is 9.64 Å². The minimum absolute atomic E-state index is 0.840. The minimum Gasteiger partial charge on any atom is -0.379 e. The third kappa shape index (κ3) is 3.39. The van der Waals surface area contributed by atoms with Crippen molar-refractivity contribution in [2.45, 2.75) is 19.3 Å². The Morgan fingerprint density at radius 1 is 1.17 bits per heavy atom. The van der Waals surface area contributed by atoms with Crippen LogP contribution in [0.5, 0.6) is 0 Å². The molecule has 0 N–H and O–H groups in total. The van der Waals surface area contributed by atoms with Gasteiger partial charge in [0, 0.05) is 51.0 Å². The first kappa shape index (κ1) is 15.8. The summed E-state index contributed by atoms with van der Waals surface area (Å²) in [6.45, 7) is 7.42. The number of nitrogens with zero attached hydrogens (tertiary/aromatic N) is 5. The van der Waals surface area contributed by atoms with Gasteiger partial charge in [-0.25, -0.2) is 4.98 Å². The standard InChI is InChI=1S/C18H27N5O/c1-21-14-16-2-6-19-18(17(16)20-21)23-8-4-15(5-9-23)3-7-22-10-12-24-13-11-22/h2,6,14-15H,3-5,7-13H2,1H3. The predicted octanol–water partition coefficient (Wildman–Crippen LogP) is 1.91. The second-order valence-electron chi connectivity index (χ2n) is 7.05. The van der Waals surface area contributed by atoms with Crippen molar-refractivity contribution in [3.05, 3.63) is 18.5 Å². The van der Waals surface area contributed by atoms with E-state index in [-0.39, 0.29) is 0 Å². The van der Waals surface area contributed by atoms with E-state index in [0.717, 1.165) is 56.6 Å². The third-order valence-corrected chi connectivity index (χ3v) is 5.39. The van der Waals surface area contributed by atoms with Crippen LogP contribution in [0.3, 0.4) is 0 Å². The van der Waals surface area contributed by atoms with Gasteiger partial charge in [0.2, 0.25) is 0 Å². The summed E-state index contributed by atoms with van der Waals surface area (Å²) in [4.78, 5) is 9.58. The monoisotopic (exact) mass is 329 g/mol. The predicted molar refractivity (Wildman–Crippen MR) is 95.3 cm³/mol. The molecule has 2 aromatic rings. The van der Waals surface area contributed by atoms with Crippen molar-refractivity contribution in [2.75, 3.05) is 50.8 Å². The van der Waals surface area contributed by atoms with Crippen molar-refractivity contribution in [1.82, 2.24) is 19.7 Å². The average Bonchev–Trinajstić information content (AvgIpc) is 3.01. The summed E-state index contributed by atoms with van der Waals surface area (Å²) in [7, 11) is 1.97. The molecule has 0 atom stereocenters. The maximum atomic E-state index is 5.43. The summed E-state index contributed by atoms with van der Waals surface area (Å²) >= 11 is 0. The van der Waals surface area contributed by atoms with Gasteiger partial charge in [-0.1, -0.05) is 0 Å². The number of morpholine rings is 1. The van der Waals surface area contributed by atoms with Crippen LogP contribution in [0.25, 0.3) is 10.9 Å². The van der Waals surface area contributed by atoms with Crippen LogP contribution in [0.1, 0.15) is 19.3 Å². The molecule has 4 heterocycles. The van der Waals surface area contributed by atoms with E-state index in [1.165, 1.54) is 31.2 Å². The number of fused-ring (bicyclic) bond motifs is 1. The summed E-state index contributed by atoms with van der Waals surface area (Å²) in [5, 5.41) is 5.78. The first-order chi connectivity index (χ1) is 11.8. The number of piperidine rings is 1. The number of aromatic nitrogens is 3. The number of anilines is 1. The molecule has 6 heteroatoms. The number of hydrogen-bond acceptors (Lipinski definition) is 5. The second-order valence-corrected chi connectivity index (χ2v) is 7.05. The van der Waals surface area contributed by atoms with Crippen LogP contribution in [0, 0.1) is 5.92 Å². The first-order valence-corrected chi connectivity index (χ1v) is 9.13. The molecule has 6 nitrogen and oxygen atoms in total. The SMILES string of the molecule is Cn1cc2ccnc(N3CCC(CCN4CCOCC4)CC3)c2n1. The molecule has 0 aromatic carbocycles. The first-order valence-electron chi connectivity index (χ1n) is 9.13. The van der Waals surface area contributed by atoms with E-state index in [0.29, 0.717) is 0 Å². The summed E-state index contributed by atoms with van der Waals surface area (Å²) in [5.41, 5.74) is 1.03. The molecule has 0 aliphatic carbocycles. The molecule has 0 bridgehead atoms. The highest BCUT2D eigenvalue weighted by molar-refractivity contribution is 5.88. The zero-order valence-corrected chi connectivity index (χ0v) is 14.5. The van der Waals surface area contributed by atoms with Gasteiger partial charge in [0.1, 0.15) is 5.52 Å². The molecule has 0 radical (unpaired) electrons. The molecule has 2 aromatic heterocycles. The van der Waals surface area contributed by atoms with E-state index in [1.54, 1.807) is 0 Å². The van der Waals surface area contributed by atoms with Crippen LogP contribution in [0.4, 0.5) is 5.82 Å². The van der Waals surface area contributed by atoms with E-state index in [4.69, 9.17) is 4.74 Å². The van der Waals surface area contributed by atoms with Crippen molar-refractivity contribution in [3.63, 3.8) is 0 Å². The molecule has 24 heavy (non-hydrogen) atoms. The van der Waals surface area contributed by atoms with Gasteiger partial charge in [0.25, 0.3) is 0 Å². The maximum Gasteiger partial charge on any atom is 0.157 e. The van der Waals surface area contributed by atoms with Crippen LogP contribution >= 0.6 is 0 Å². The number of aryl methyl sites for hydroxylation is 1. The lowest BCUT2D eigenvalue weighted by atomic mass is 9.93. The van der Waals surface area contributed by atoms with Gasteiger partial charge in [-0.3, -0.25) is 9.58 Å². The molecule has 2 saturated heterocycles. The van der Waals surface area contributed by atoms with Crippen molar-refractivity contribution in [2.24, 2.45) is 13.0 Å². The number of ether oxygens (including phenoxy) is 1. The molecule has 2 fully saturated rings.